The third-order valence-corrected chi connectivity index (χ3v) is 4.69. The fourth-order valence-electron chi connectivity index (χ4n) is 2.76. The van der Waals surface area contributed by atoms with Crippen molar-refractivity contribution >= 4 is 35.4 Å². The molecule has 0 aliphatic carbocycles. The van der Waals surface area contributed by atoms with Crippen LogP contribution in [0.3, 0.4) is 0 Å². The summed E-state index contributed by atoms with van der Waals surface area (Å²) < 4.78 is 7.83. The molecule has 6 nitrogen and oxygen atoms in total. The molecule has 1 heterocycles. The monoisotopic (exact) mass is 416 g/mol. The number of amides is 1. The summed E-state index contributed by atoms with van der Waals surface area (Å²) in [4.78, 5) is 12.5. The van der Waals surface area contributed by atoms with Crippen LogP contribution in [0.15, 0.2) is 42.5 Å². The number of H-pyrrole nitrogens is 1. The Kier molecular flexibility index (Phi) is 6.49. The quantitative estimate of drug-likeness (QED) is 0.532. The van der Waals surface area contributed by atoms with Crippen molar-refractivity contribution in [1.82, 2.24) is 14.8 Å². The normalized spacial score (nSPS) is 10.7. The van der Waals surface area contributed by atoms with Crippen molar-refractivity contribution in [2.45, 2.75) is 26.8 Å². The number of hydrogen-bond acceptors (Lipinski definition) is 4. The maximum Gasteiger partial charge on any atom is 0.226 e. The maximum atomic E-state index is 12.5. The van der Waals surface area contributed by atoms with Gasteiger partial charge in [-0.25, -0.2) is 0 Å². The van der Waals surface area contributed by atoms with Crippen molar-refractivity contribution in [3.63, 3.8) is 0 Å². The Bertz CT molecular complexity index is 1030. The second-order valence-electron chi connectivity index (χ2n) is 6.24. The summed E-state index contributed by atoms with van der Waals surface area (Å²) in [6, 6.07) is 13.1. The minimum absolute atomic E-state index is 0.166. The first-order valence-corrected chi connectivity index (χ1v) is 9.71. The number of hydrogen-bond donors (Lipinski definition) is 2. The zero-order chi connectivity index (χ0) is 20.1. The van der Waals surface area contributed by atoms with Gasteiger partial charge in [0.25, 0.3) is 0 Å². The van der Waals surface area contributed by atoms with E-state index in [-0.39, 0.29) is 12.3 Å². The standard InChI is InChI=1S/C20H21ClN4O2S/c1-3-27-17-9-8-15(21)12-16(17)22-18(26)10-11-25-19(23-24-20(25)28)14-6-4-13(2)5-7-14/h4-9,12H,3,10-11H2,1-2H3,(H,22,26)(H,24,28). The van der Waals surface area contributed by atoms with E-state index in [0.29, 0.717) is 40.2 Å². The number of ether oxygens (including phenoxy) is 1. The highest BCUT2D eigenvalue weighted by molar-refractivity contribution is 7.71. The van der Waals surface area contributed by atoms with Crippen molar-refractivity contribution < 1.29 is 9.53 Å². The van der Waals surface area contributed by atoms with Crippen LogP contribution in [0.5, 0.6) is 5.75 Å². The molecule has 0 radical (unpaired) electrons. The van der Waals surface area contributed by atoms with Crippen LogP contribution in [0.1, 0.15) is 18.9 Å². The van der Waals surface area contributed by atoms with Crippen molar-refractivity contribution in [2.24, 2.45) is 0 Å². The van der Waals surface area contributed by atoms with E-state index in [4.69, 9.17) is 28.6 Å². The average Bonchev–Trinajstić information content (AvgIpc) is 3.03. The molecule has 2 aromatic carbocycles. The Morgan fingerprint density at radius 2 is 2.04 bits per heavy atom. The molecule has 2 N–H and O–H groups in total. The number of nitrogens with one attached hydrogen (secondary N) is 2. The fourth-order valence-corrected chi connectivity index (χ4v) is 3.15. The van der Waals surface area contributed by atoms with E-state index in [1.165, 1.54) is 0 Å². The SMILES string of the molecule is CCOc1ccc(Cl)cc1NC(=O)CCn1c(-c2ccc(C)cc2)n[nH]c1=S. The van der Waals surface area contributed by atoms with Gasteiger partial charge in [-0.3, -0.25) is 14.5 Å². The second-order valence-corrected chi connectivity index (χ2v) is 7.06. The van der Waals surface area contributed by atoms with Crippen LogP contribution in [0.25, 0.3) is 11.4 Å². The van der Waals surface area contributed by atoms with E-state index in [2.05, 4.69) is 15.5 Å². The van der Waals surface area contributed by atoms with Gasteiger partial charge in [0.05, 0.1) is 12.3 Å². The lowest BCUT2D eigenvalue weighted by molar-refractivity contribution is -0.116. The van der Waals surface area contributed by atoms with Crippen molar-refractivity contribution in [3.8, 4) is 17.1 Å². The van der Waals surface area contributed by atoms with Gasteiger partial charge in [0.15, 0.2) is 10.6 Å². The number of aromatic nitrogens is 3. The summed E-state index contributed by atoms with van der Waals surface area (Å²) in [5.41, 5.74) is 2.65. The van der Waals surface area contributed by atoms with Gasteiger partial charge in [0.2, 0.25) is 5.91 Å². The lowest BCUT2D eigenvalue weighted by Crippen LogP contribution is -2.16. The van der Waals surface area contributed by atoms with Gasteiger partial charge in [-0.1, -0.05) is 41.4 Å². The number of nitrogens with zero attached hydrogens (tertiary/aromatic N) is 2. The molecule has 0 aliphatic heterocycles. The topological polar surface area (TPSA) is 71.9 Å². The molecule has 0 aliphatic rings. The third kappa shape index (κ3) is 4.79. The zero-order valence-electron chi connectivity index (χ0n) is 15.7. The highest BCUT2D eigenvalue weighted by atomic mass is 35.5. The van der Waals surface area contributed by atoms with Gasteiger partial charge in [0, 0.05) is 23.6 Å². The Labute approximate surface area is 173 Å². The number of carbonyl (C=O) groups is 1. The molecule has 0 bridgehead atoms. The number of aromatic amines is 1. The minimum atomic E-state index is -0.166. The summed E-state index contributed by atoms with van der Waals surface area (Å²) in [6.07, 6.45) is 0.227. The van der Waals surface area contributed by atoms with Crippen LogP contribution >= 0.6 is 23.8 Å². The van der Waals surface area contributed by atoms with Gasteiger partial charge in [-0.05, 0) is 44.3 Å². The first kappa shape index (κ1) is 20.1. The number of carbonyl (C=O) groups excluding carboxylic acids is 1. The molecule has 28 heavy (non-hydrogen) atoms. The van der Waals surface area contributed by atoms with Crippen molar-refractivity contribution in [2.75, 3.05) is 11.9 Å². The van der Waals surface area contributed by atoms with E-state index >= 15 is 0 Å². The number of aryl methyl sites for hydroxylation is 1. The summed E-state index contributed by atoms with van der Waals surface area (Å²) in [7, 11) is 0. The Morgan fingerprint density at radius 3 is 2.75 bits per heavy atom. The molecule has 3 aromatic rings. The fraction of sp³-hybridized carbons (Fsp3) is 0.250. The van der Waals surface area contributed by atoms with E-state index in [1.54, 1.807) is 18.2 Å². The van der Waals surface area contributed by atoms with Crippen LogP contribution in [-0.2, 0) is 11.3 Å². The average molecular weight is 417 g/mol. The molecule has 0 fully saturated rings. The van der Waals surface area contributed by atoms with Crippen LogP contribution in [0.4, 0.5) is 5.69 Å². The number of rotatable bonds is 7. The van der Waals surface area contributed by atoms with Gasteiger partial charge >= 0.3 is 0 Å². The second kappa shape index (κ2) is 9.03. The van der Waals surface area contributed by atoms with E-state index in [9.17, 15) is 4.79 Å². The summed E-state index contributed by atoms with van der Waals surface area (Å²) >= 11 is 11.4. The lowest BCUT2D eigenvalue weighted by Gasteiger charge is -2.12. The first-order valence-electron chi connectivity index (χ1n) is 8.92. The first-order chi connectivity index (χ1) is 13.5. The summed E-state index contributed by atoms with van der Waals surface area (Å²) in [6.45, 7) is 4.80. The lowest BCUT2D eigenvalue weighted by atomic mass is 10.1. The Morgan fingerprint density at radius 1 is 1.29 bits per heavy atom. The van der Waals surface area contributed by atoms with Crippen molar-refractivity contribution in [3.05, 3.63) is 57.8 Å². The highest BCUT2D eigenvalue weighted by Gasteiger charge is 2.13. The molecule has 0 saturated heterocycles. The van der Waals surface area contributed by atoms with Crippen LogP contribution in [-0.4, -0.2) is 27.3 Å². The van der Waals surface area contributed by atoms with E-state index in [0.717, 1.165) is 11.1 Å². The Hall–Kier alpha value is -2.64. The molecule has 0 saturated carbocycles. The zero-order valence-corrected chi connectivity index (χ0v) is 17.2. The molecule has 1 amide bonds. The van der Waals surface area contributed by atoms with Gasteiger partial charge < -0.3 is 10.1 Å². The van der Waals surface area contributed by atoms with Gasteiger partial charge in [-0.15, -0.1) is 0 Å². The number of halogens is 1. The smallest absolute Gasteiger partial charge is 0.226 e. The minimum Gasteiger partial charge on any atom is -0.492 e. The molecule has 0 unspecified atom stereocenters. The molecule has 0 atom stereocenters. The molecule has 1 aromatic heterocycles. The predicted molar refractivity (Wildman–Crippen MR) is 113 cm³/mol. The van der Waals surface area contributed by atoms with Gasteiger partial charge in [0.1, 0.15) is 5.75 Å². The van der Waals surface area contributed by atoms with Crippen molar-refractivity contribution in [1.29, 1.82) is 0 Å². The molecule has 146 valence electrons. The summed E-state index contributed by atoms with van der Waals surface area (Å²) in [5, 5.41) is 10.5. The molecule has 0 spiro atoms. The van der Waals surface area contributed by atoms with Crippen LogP contribution in [0.2, 0.25) is 5.02 Å². The highest BCUT2D eigenvalue weighted by Crippen LogP contribution is 2.28. The third-order valence-electron chi connectivity index (χ3n) is 4.15. The predicted octanol–water partition coefficient (Wildman–Crippen LogP) is 5.00. The summed E-state index contributed by atoms with van der Waals surface area (Å²) in [5.74, 6) is 1.12. The van der Waals surface area contributed by atoms with Crippen LogP contribution in [0, 0.1) is 11.7 Å². The molecular weight excluding hydrogens is 396 g/mol. The molecule has 8 heteroatoms. The maximum absolute atomic E-state index is 12.5. The van der Waals surface area contributed by atoms with Gasteiger partial charge in [-0.2, -0.15) is 5.10 Å². The number of benzene rings is 2. The van der Waals surface area contributed by atoms with Crippen LogP contribution < -0.4 is 10.1 Å². The number of anilines is 1. The molecular formula is C20H21ClN4O2S. The molecule has 3 rings (SSSR count). The van der Waals surface area contributed by atoms with E-state index < -0.39 is 0 Å². The Balaban J connectivity index is 1.72. The van der Waals surface area contributed by atoms with E-state index in [1.807, 2.05) is 42.7 Å². The largest absolute Gasteiger partial charge is 0.492 e.